The van der Waals surface area contributed by atoms with Crippen molar-refractivity contribution in [3.63, 3.8) is 0 Å². The van der Waals surface area contributed by atoms with Crippen LogP contribution in [0, 0.1) is 0 Å². The summed E-state index contributed by atoms with van der Waals surface area (Å²) in [6, 6.07) is 10.4. The summed E-state index contributed by atoms with van der Waals surface area (Å²) in [5.41, 5.74) is 1.33. The maximum Gasteiger partial charge on any atom is 0.245 e. The molecule has 2 rings (SSSR count). The van der Waals surface area contributed by atoms with E-state index in [-0.39, 0.29) is 5.91 Å². The predicted octanol–water partition coefficient (Wildman–Crippen LogP) is 2.19. The molecule has 1 atom stereocenters. The lowest BCUT2D eigenvalue weighted by atomic mass is 9.99. The zero-order valence-corrected chi connectivity index (χ0v) is 8.73. The molecule has 1 aromatic rings. The Balaban J connectivity index is 2.05. The van der Waals surface area contributed by atoms with Gasteiger partial charge in [-0.05, 0) is 18.1 Å². The molecule has 0 saturated carbocycles. The van der Waals surface area contributed by atoms with E-state index < -0.39 is 0 Å². The molecule has 2 nitrogen and oxygen atoms in total. The van der Waals surface area contributed by atoms with Crippen molar-refractivity contribution in [3.05, 3.63) is 48.6 Å². The van der Waals surface area contributed by atoms with Crippen LogP contribution in [0.1, 0.15) is 17.9 Å². The van der Waals surface area contributed by atoms with E-state index in [0.29, 0.717) is 5.92 Å². The molecule has 1 fully saturated rings. The van der Waals surface area contributed by atoms with Gasteiger partial charge in [-0.25, -0.2) is 0 Å². The number of amides is 1. The Morgan fingerprint density at radius 2 is 2.13 bits per heavy atom. The highest BCUT2D eigenvalue weighted by molar-refractivity contribution is 5.87. The van der Waals surface area contributed by atoms with E-state index in [9.17, 15) is 4.79 Å². The Morgan fingerprint density at radius 3 is 2.80 bits per heavy atom. The minimum absolute atomic E-state index is 0.0495. The van der Waals surface area contributed by atoms with E-state index in [1.807, 2.05) is 23.1 Å². The van der Waals surface area contributed by atoms with Gasteiger partial charge in [-0.2, -0.15) is 0 Å². The third kappa shape index (κ3) is 2.09. The van der Waals surface area contributed by atoms with Crippen LogP contribution in [0.2, 0.25) is 0 Å². The summed E-state index contributed by atoms with van der Waals surface area (Å²) in [5, 5.41) is 0. The van der Waals surface area contributed by atoms with Gasteiger partial charge < -0.3 is 4.90 Å². The van der Waals surface area contributed by atoms with E-state index in [4.69, 9.17) is 0 Å². The molecule has 1 unspecified atom stereocenters. The largest absolute Gasteiger partial charge is 0.339 e. The van der Waals surface area contributed by atoms with Gasteiger partial charge in [0.05, 0.1) is 0 Å². The fourth-order valence-corrected chi connectivity index (χ4v) is 2.09. The number of benzene rings is 1. The summed E-state index contributed by atoms with van der Waals surface area (Å²) in [6.07, 6.45) is 2.46. The van der Waals surface area contributed by atoms with E-state index >= 15 is 0 Å². The van der Waals surface area contributed by atoms with E-state index in [1.54, 1.807) is 0 Å². The highest BCUT2D eigenvalue weighted by Gasteiger charge is 2.25. The van der Waals surface area contributed by atoms with Crippen molar-refractivity contribution >= 4 is 5.91 Å². The van der Waals surface area contributed by atoms with Crippen molar-refractivity contribution in [1.82, 2.24) is 4.90 Å². The van der Waals surface area contributed by atoms with Gasteiger partial charge in [0.25, 0.3) is 0 Å². The SMILES string of the molecule is C=CC(=O)N1CCC(c2ccccc2)C1. The number of carbonyl (C=O) groups is 1. The minimum Gasteiger partial charge on any atom is -0.339 e. The molecule has 0 aliphatic carbocycles. The summed E-state index contributed by atoms with van der Waals surface area (Å²) < 4.78 is 0. The molecule has 1 saturated heterocycles. The third-order valence-corrected chi connectivity index (χ3v) is 2.95. The zero-order chi connectivity index (χ0) is 10.7. The predicted molar refractivity (Wildman–Crippen MR) is 60.6 cm³/mol. The van der Waals surface area contributed by atoms with E-state index in [0.717, 1.165) is 19.5 Å². The van der Waals surface area contributed by atoms with Gasteiger partial charge in [0.15, 0.2) is 0 Å². The van der Waals surface area contributed by atoms with Crippen molar-refractivity contribution in [2.75, 3.05) is 13.1 Å². The maximum atomic E-state index is 11.4. The molecule has 0 radical (unpaired) electrons. The second-order valence-electron chi connectivity index (χ2n) is 3.88. The van der Waals surface area contributed by atoms with Crippen LogP contribution < -0.4 is 0 Å². The monoisotopic (exact) mass is 201 g/mol. The average Bonchev–Trinajstić information content (AvgIpc) is 2.78. The van der Waals surface area contributed by atoms with Gasteiger partial charge in [-0.1, -0.05) is 36.9 Å². The average molecular weight is 201 g/mol. The summed E-state index contributed by atoms with van der Waals surface area (Å²) in [6.45, 7) is 5.19. The van der Waals surface area contributed by atoms with Crippen LogP contribution >= 0.6 is 0 Å². The fraction of sp³-hybridized carbons (Fsp3) is 0.308. The van der Waals surface area contributed by atoms with Crippen LogP contribution in [0.25, 0.3) is 0 Å². The quantitative estimate of drug-likeness (QED) is 0.672. The van der Waals surface area contributed by atoms with Gasteiger partial charge in [0, 0.05) is 19.0 Å². The fourth-order valence-electron chi connectivity index (χ4n) is 2.09. The number of hydrogen-bond donors (Lipinski definition) is 0. The molecule has 15 heavy (non-hydrogen) atoms. The van der Waals surface area contributed by atoms with Crippen molar-refractivity contribution in [2.24, 2.45) is 0 Å². The van der Waals surface area contributed by atoms with Crippen molar-refractivity contribution in [2.45, 2.75) is 12.3 Å². The highest BCUT2D eigenvalue weighted by Crippen LogP contribution is 2.26. The summed E-state index contributed by atoms with van der Waals surface area (Å²) in [5.74, 6) is 0.545. The molecular formula is C13H15NO. The van der Waals surface area contributed by atoms with Crippen LogP contribution in [0.5, 0.6) is 0 Å². The molecular weight excluding hydrogens is 186 g/mol. The van der Waals surface area contributed by atoms with Crippen LogP contribution in [-0.4, -0.2) is 23.9 Å². The van der Waals surface area contributed by atoms with E-state index in [2.05, 4.69) is 18.7 Å². The van der Waals surface area contributed by atoms with Crippen LogP contribution in [0.3, 0.4) is 0 Å². The topological polar surface area (TPSA) is 20.3 Å². The Morgan fingerprint density at radius 1 is 1.40 bits per heavy atom. The molecule has 0 N–H and O–H groups in total. The first kappa shape index (κ1) is 9.97. The maximum absolute atomic E-state index is 11.4. The number of carbonyl (C=O) groups excluding carboxylic acids is 1. The van der Waals surface area contributed by atoms with Crippen molar-refractivity contribution in [3.8, 4) is 0 Å². The Labute approximate surface area is 90.2 Å². The van der Waals surface area contributed by atoms with Gasteiger partial charge >= 0.3 is 0 Å². The molecule has 0 aromatic heterocycles. The Bertz CT molecular complexity index is 358. The molecule has 0 spiro atoms. The van der Waals surface area contributed by atoms with Gasteiger partial charge in [-0.15, -0.1) is 0 Å². The first-order chi connectivity index (χ1) is 7.31. The lowest BCUT2D eigenvalue weighted by Crippen LogP contribution is -2.26. The van der Waals surface area contributed by atoms with Gasteiger partial charge in [0.1, 0.15) is 0 Å². The summed E-state index contributed by atoms with van der Waals surface area (Å²) in [7, 11) is 0. The van der Waals surface area contributed by atoms with Gasteiger partial charge in [-0.3, -0.25) is 4.79 Å². The summed E-state index contributed by atoms with van der Waals surface area (Å²) >= 11 is 0. The minimum atomic E-state index is 0.0495. The Hall–Kier alpha value is -1.57. The van der Waals surface area contributed by atoms with Crippen LogP contribution in [0.4, 0.5) is 0 Å². The zero-order valence-electron chi connectivity index (χ0n) is 8.73. The first-order valence-corrected chi connectivity index (χ1v) is 5.27. The smallest absolute Gasteiger partial charge is 0.245 e. The normalized spacial score (nSPS) is 20.3. The second-order valence-corrected chi connectivity index (χ2v) is 3.88. The molecule has 1 aromatic carbocycles. The molecule has 0 bridgehead atoms. The third-order valence-electron chi connectivity index (χ3n) is 2.95. The Kier molecular flexibility index (Phi) is 2.86. The molecule has 2 heteroatoms. The standard InChI is InChI=1S/C13H15NO/c1-2-13(15)14-9-8-12(10-14)11-6-4-3-5-7-11/h2-7,12H,1,8-10H2. The number of nitrogens with zero attached hydrogens (tertiary/aromatic N) is 1. The molecule has 78 valence electrons. The van der Waals surface area contributed by atoms with Crippen molar-refractivity contribution < 1.29 is 4.79 Å². The number of rotatable bonds is 2. The molecule has 1 amide bonds. The van der Waals surface area contributed by atoms with Crippen LogP contribution in [0.15, 0.2) is 43.0 Å². The first-order valence-electron chi connectivity index (χ1n) is 5.27. The summed E-state index contributed by atoms with van der Waals surface area (Å²) in [4.78, 5) is 13.3. The second kappa shape index (κ2) is 4.30. The number of likely N-dealkylation sites (tertiary alicyclic amines) is 1. The molecule has 1 heterocycles. The van der Waals surface area contributed by atoms with Crippen molar-refractivity contribution in [1.29, 1.82) is 0 Å². The highest BCUT2D eigenvalue weighted by atomic mass is 16.2. The van der Waals surface area contributed by atoms with Crippen LogP contribution in [-0.2, 0) is 4.79 Å². The van der Waals surface area contributed by atoms with Gasteiger partial charge in [0.2, 0.25) is 5.91 Å². The molecule has 1 aliphatic heterocycles. The lowest BCUT2D eigenvalue weighted by Gasteiger charge is -2.14. The molecule has 1 aliphatic rings. The number of hydrogen-bond acceptors (Lipinski definition) is 1. The lowest BCUT2D eigenvalue weighted by molar-refractivity contribution is -0.125. The van der Waals surface area contributed by atoms with E-state index in [1.165, 1.54) is 11.6 Å².